The first kappa shape index (κ1) is 8.43. The van der Waals surface area contributed by atoms with Crippen molar-refractivity contribution in [1.29, 1.82) is 0 Å². The van der Waals surface area contributed by atoms with Crippen molar-refractivity contribution in [2.24, 2.45) is 0 Å². The molecule has 53 valence electrons. The SMILES string of the molecule is CCCC(=O)NCC[O]. The molecule has 3 heteroatoms. The highest BCUT2D eigenvalue weighted by Gasteiger charge is 1.95. The number of carbonyl (C=O) groups excluding carboxylic acids is 1. The van der Waals surface area contributed by atoms with Gasteiger partial charge < -0.3 is 5.32 Å². The van der Waals surface area contributed by atoms with Crippen molar-refractivity contribution in [1.82, 2.24) is 5.32 Å². The van der Waals surface area contributed by atoms with Gasteiger partial charge in [-0.1, -0.05) is 6.92 Å². The minimum absolute atomic E-state index is 0.0200. The molecule has 0 aliphatic heterocycles. The normalized spacial score (nSPS) is 9.11. The van der Waals surface area contributed by atoms with Gasteiger partial charge in [0.15, 0.2) is 0 Å². The molecule has 1 radical (unpaired) electrons. The van der Waals surface area contributed by atoms with Gasteiger partial charge in [-0.05, 0) is 6.42 Å². The second-order valence-corrected chi connectivity index (χ2v) is 1.80. The predicted molar refractivity (Wildman–Crippen MR) is 33.5 cm³/mol. The summed E-state index contributed by atoms with van der Waals surface area (Å²) in [4.78, 5) is 10.6. The van der Waals surface area contributed by atoms with Crippen LogP contribution in [-0.4, -0.2) is 19.1 Å². The third-order valence-corrected chi connectivity index (χ3v) is 0.901. The van der Waals surface area contributed by atoms with Gasteiger partial charge in [-0.25, -0.2) is 5.11 Å². The smallest absolute Gasteiger partial charge is 0.220 e. The molecule has 0 saturated carbocycles. The standard InChI is InChI=1S/C6H12NO2/c1-2-3-6(9)7-4-5-8/h2-5H2,1H3,(H,7,9). The molecule has 0 aromatic rings. The molecule has 0 saturated heterocycles. The largest absolute Gasteiger partial charge is 0.354 e. The fourth-order valence-electron chi connectivity index (χ4n) is 0.506. The van der Waals surface area contributed by atoms with E-state index in [0.29, 0.717) is 6.42 Å². The molecule has 0 unspecified atom stereocenters. The van der Waals surface area contributed by atoms with Crippen LogP contribution in [0, 0.1) is 0 Å². The van der Waals surface area contributed by atoms with Crippen LogP contribution in [0.2, 0.25) is 0 Å². The monoisotopic (exact) mass is 130 g/mol. The summed E-state index contributed by atoms with van der Waals surface area (Å²) in [6.07, 6.45) is 1.37. The number of nitrogens with one attached hydrogen (secondary N) is 1. The summed E-state index contributed by atoms with van der Waals surface area (Å²) in [6.45, 7) is 1.96. The first-order chi connectivity index (χ1) is 4.31. The predicted octanol–water partition coefficient (Wildman–Crippen LogP) is 0.333. The molecular weight excluding hydrogens is 118 g/mol. The van der Waals surface area contributed by atoms with Gasteiger partial charge in [0.25, 0.3) is 0 Å². The van der Waals surface area contributed by atoms with Crippen molar-refractivity contribution < 1.29 is 9.90 Å². The molecule has 0 atom stereocenters. The molecule has 0 aromatic carbocycles. The van der Waals surface area contributed by atoms with Crippen LogP contribution in [0.25, 0.3) is 0 Å². The summed E-state index contributed by atoms with van der Waals surface area (Å²) >= 11 is 0. The summed E-state index contributed by atoms with van der Waals surface area (Å²) < 4.78 is 0. The van der Waals surface area contributed by atoms with Gasteiger partial charge in [0.05, 0.1) is 6.61 Å². The fraction of sp³-hybridized carbons (Fsp3) is 0.833. The maximum absolute atomic E-state index is 10.6. The number of hydrogen-bond donors (Lipinski definition) is 1. The van der Waals surface area contributed by atoms with E-state index >= 15 is 0 Å². The molecule has 0 rings (SSSR count). The van der Waals surface area contributed by atoms with Gasteiger partial charge in [0, 0.05) is 13.0 Å². The molecule has 9 heavy (non-hydrogen) atoms. The molecule has 0 aliphatic rings. The quantitative estimate of drug-likeness (QED) is 0.585. The van der Waals surface area contributed by atoms with Crippen LogP contribution in [0.5, 0.6) is 0 Å². The highest BCUT2D eigenvalue weighted by Crippen LogP contribution is 1.83. The van der Waals surface area contributed by atoms with Crippen molar-refractivity contribution in [3.8, 4) is 0 Å². The van der Waals surface area contributed by atoms with E-state index in [4.69, 9.17) is 0 Å². The van der Waals surface area contributed by atoms with E-state index in [1.54, 1.807) is 0 Å². The topological polar surface area (TPSA) is 49.0 Å². The van der Waals surface area contributed by atoms with Gasteiger partial charge in [-0.15, -0.1) is 0 Å². The van der Waals surface area contributed by atoms with E-state index < -0.39 is 0 Å². The lowest BCUT2D eigenvalue weighted by Gasteiger charge is -1.98. The molecule has 3 nitrogen and oxygen atoms in total. The Bertz CT molecular complexity index is 83.1. The third kappa shape index (κ3) is 5.30. The Labute approximate surface area is 55.1 Å². The lowest BCUT2D eigenvalue weighted by atomic mass is 10.3. The Morgan fingerprint density at radius 1 is 1.56 bits per heavy atom. The number of amides is 1. The Morgan fingerprint density at radius 2 is 2.22 bits per heavy atom. The van der Waals surface area contributed by atoms with E-state index in [-0.39, 0.29) is 19.1 Å². The lowest BCUT2D eigenvalue weighted by Crippen LogP contribution is -2.25. The van der Waals surface area contributed by atoms with Crippen LogP contribution < -0.4 is 5.32 Å². The molecule has 0 aromatic heterocycles. The maximum Gasteiger partial charge on any atom is 0.220 e. The van der Waals surface area contributed by atoms with Gasteiger partial charge in [-0.2, -0.15) is 0 Å². The van der Waals surface area contributed by atoms with Crippen molar-refractivity contribution in [3.05, 3.63) is 0 Å². The Morgan fingerprint density at radius 3 is 2.67 bits per heavy atom. The van der Waals surface area contributed by atoms with E-state index in [1.165, 1.54) is 0 Å². The average Bonchev–Trinajstić information content (AvgIpc) is 1.85. The van der Waals surface area contributed by atoms with Gasteiger partial charge in [-0.3, -0.25) is 4.79 Å². The van der Waals surface area contributed by atoms with Crippen molar-refractivity contribution in [3.63, 3.8) is 0 Å². The Kier molecular flexibility index (Phi) is 5.21. The molecule has 0 fully saturated rings. The zero-order chi connectivity index (χ0) is 7.11. The van der Waals surface area contributed by atoms with Crippen molar-refractivity contribution in [2.45, 2.75) is 19.8 Å². The second-order valence-electron chi connectivity index (χ2n) is 1.80. The number of carbonyl (C=O) groups is 1. The molecule has 0 spiro atoms. The molecule has 1 amide bonds. The number of rotatable bonds is 4. The van der Waals surface area contributed by atoms with E-state index in [2.05, 4.69) is 5.32 Å². The third-order valence-electron chi connectivity index (χ3n) is 0.901. The summed E-state index contributed by atoms with van der Waals surface area (Å²) in [7, 11) is 0. The van der Waals surface area contributed by atoms with Crippen molar-refractivity contribution >= 4 is 5.91 Å². The number of hydrogen-bond acceptors (Lipinski definition) is 1. The summed E-state index contributed by atoms with van der Waals surface area (Å²) in [5, 5.41) is 12.3. The summed E-state index contributed by atoms with van der Waals surface area (Å²) in [5.74, 6) is -0.0200. The van der Waals surface area contributed by atoms with Crippen LogP contribution in [-0.2, 0) is 9.90 Å². The van der Waals surface area contributed by atoms with Crippen LogP contribution in [0.15, 0.2) is 0 Å². The lowest BCUT2D eigenvalue weighted by molar-refractivity contribution is -0.121. The van der Waals surface area contributed by atoms with Crippen LogP contribution in [0.1, 0.15) is 19.8 Å². The zero-order valence-corrected chi connectivity index (χ0v) is 5.64. The zero-order valence-electron chi connectivity index (χ0n) is 5.64. The summed E-state index contributed by atoms with van der Waals surface area (Å²) in [5.41, 5.74) is 0. The van der Waals surface area contributed by atoms with Gasteiger partial charge in [0.1, 0.15) is 0 Å². The van der Waals surface area contributed by atoms with E-state index in [9.17, 15) is 9.90 Å². The Hall–Kier alpha value is -0.570. The van der Waals surface area contributed by atoms with Crippen LogP contribution in [0.4, 0.5) is 0 Å². The van der Waals surface area contributed by atoms with Gasteiger partial charge in [0.2, 0.25) is 5.91 Å². The minimum Gasteiger partial charge on any atom is -0.354 e. The molecule has 1 N–H and O–H groups in total. The maximum atomic E-state index is 10.6. The van der Waals surface area contributed by atoms with Gasteiger partial charge >= 0.3 is 0 Å². The van der Waals surface area contributed by atoms with Crippen LogP contribution in [0.3, 0.4) is 0 Å². The van der Waals surface area contributed by atoms with E-state index in [1.807, 2.05) is 6.92 Å². The van der Waals surface area contributed by atoms with E-state index in [0.717, 1.165) is 6.42 Å². The highest BCUT2D eigenvalue weighted by atomic mass is 16.3. The first-order valence-corrected chi connectivity index (χ1v) is 3.16. The van der Waals surface area contributed by atoms with Crippen molar-refractivity contribution in [2.75, 3.05) is 13.2 Å². The first-order valence-electron chi connectivity index (χ1n) is 3.16. The molecule has 0 heterocycles. The highest BCUT2D eigenvalue weighted by molar-refractivity contribution is 5.75. The average molecular weight is 130 g/mol. The minimum atomic E-state index is -0.227. The Balaban J connectivity index is 3.06. The second kappa shape index (κ2) is 5.56. The fourth-order valence-corrected chi connectivity index (χ4v) is 0.506. The molecule has 0 aliphatic carbocycles. The summed E-state index contributed by atoms with van der Waals surface area (Å²) in [6, 6.07) is 0. The molecular formula is C6H12NO2. The molecule has 0 bridgehead atoms. The van der Waals surface area contributed by atoms with Crippen LogP contribution >= 0.6 is 0 Å².